The number of aliphatic hydroxyl groups is 1. The second-order valence-electron chi connectivity index (χ2n) is 15.9. The average Bonchev–Trinajstić information content (AvgIpc) is 3.99. The number of carbonyl (C=O) groups excluding carboxylic acids is 3. The summed E-state index contributed by atoms with van der Waals surface area (Å²) in [6.45, 7) is 11.3. The number of aliphatic hydroxyl groups excluding tert-OH is 1. The number of aryl methyl sites for hydroxylation is 1. The van der Waals surface area contributed by atoms with Crippen LogP contribution in [0.2, 0.25) is 0 Å². The molecule has 5 heterocycles. The zero-order valence-electron chi connectivity index (χ0n) is 37.0. The maximum atomic E-state index is 13.0. The minimum absolute atomic E-state index is 0.0359. The van der Waals surface area contributed by atoms with E-state index in [0.29, 0.717) is 25.2 Å². The van der Waals surface area contributed by atoms with Crippen LogP contribution in [0.1, 0.15) is 95.6 Å². The molecular formula is C45H67N11O5S. The molecular weight excluding hydrogens is 807 g/mol. The van der Waals surface area contributed by atoms with Gasteiger partial charge in [0.05, 0.1) is 21.9 Å². The third kappa shape index (κ3) is 12.8. The van der Waals surface area contributed by atoms with E-state index in [1.54, 1.807) is 6.20 Å². The summed E-state index contributed by atoms with van der Waals surface area (Å²) in [5, 5.41) is 22.9. The molecule has 62 heavy (non-hydrogen) atoms. The lowest BCUT2D eigenvalue weighted by atomic mass is 9.98. The molecule has 3 aliphatic heterocycles. The van der Waals surface area contributed by atoms with Crippen molar-refractivity contribution >= 4 is 63.8 Å². The number of benzene rings is 2. The van der Waals surface area contributed by atoms with Gasteiger partial charge in [0, 0.05) is 95.7 Å². The molecule has 1 atom stereocenters. The summed E-state index contributed by atoms with van der Waals surface area (Å²) < 4.78 is 17.1. The van der Waals surface area contributed by atoms with Gasteiger partial charge in [-0.3, -0.25) is 19.2 Å². The number of amides is 2. The Morgan fingerprint density at radius 3 is 2.31 bits per heavy atom. The van der Waals surface area contributed by atoms with Crippen molar-refractivity contribution in [1.29, 1.82) is 0 Å². The smallest absolute Gasteiger partial charge is 0.236 e. The first-order valence-electron chi connectivity index (χ1n) is 22.3. The van der Waals surface area contributed by atoms with Crippen molar-refractivity contribution in [2.45, 2.75) is 107 Å². The van der Waals surface area contributed by atoms with Crippen LogP contribution in [0.4, 0.5) is 23.3 Å². The van der Waals surface area contributed by atoms with Gasteiger partial charge >= 0.3 is 0 Å². The highest BCUT2D eigenvalue weighted by Gasteiger charge is 2.57. The zero-order valence-corrected chi connectivity index (χ0v) is 37.8. The Balaban J connectivity index is 0.000000202. The molecule has 0 bridgehead atoms. The van der Waals surface area contributed by atoms with E-state index in [2.05, 4.69) is 81.5 Å². The summed E-state index contributed by atoms with van der Waals surface area (Å²) in [4.78, 5) is 44.3. The molecule has 338 valence electrons. The number of piperidine rings is 1. The lowest BCUT2D eigenvalue weighted by Gasteiger charge is -2.36. The molecule has 2 saturated heterocycles. The maximum absolute atomic E-state index is 13.0. The van der Waals surface area contributed by atoms with Crippen LogP contribution in [0.5, 0.6) is 0 Å². The number of hydrogen-bond donors (Lipinski definition) is 5. The number of aromatic nitrogens is 4. The standard InChI is InChI=1S/C25H34N6OS.C8H8N4O.C6H12O.C4H7NO2.C2H6/c1-26-25-23-10-9-21(18-24(23)28(2)27-25)30-15-13-29(14-16-30)19-20-7-6-8-22(17-20)33(32)31-11-4-3-5-12-31;9-7-10-3-4-5(12-7)11-6(13)8(4)1-2-8;7-6-4-2-1-3-5-6;6-3-1-2-5-4-7;1-2/h6-10,17-18H,3-5,11-16,19H2,1-2H3,(H,26,27);3H,1-2H2,(H3,9,10,11,12,13);6-7H,1-5H2;3-4H,1-2H2,(H,5,7);1-2H3. The molecule has 2 aromatic heterocycles. The second kappa shape index (κ2) is 24.0. The highest BCUT2D eigenvalue weighted by Crippen LogP contribution is 2.54. The van der Waals surface area contributed by atoms with Gasteiger partial charge in [0.25, 0.3) is 0 Å². The van der Waals surface area contributed by atoms with E-state index in [1.165, 1.54) is 36.9 Å². The van der Waals surface area contributed by atoms with Crippen LogP contribution in [-0.4, -0.2) is 116 Å². The Morgan fingerprint density at radius 1 is 0.968 bits per heavy atom. The number of nitrogens with zero attached hydrogens (tertiary/aromatic N) is 7. The topological polar surface area (TPSA) is 204 Å². The lowest BCUT2D eigenvalue weighted by molar-refractivity contribution is -0.118. The fourth-order valence-corrected chi connectivity index (χ4v) is 9.41. The summed E-state index contributed by atoms with van der Waals surface area (Å²) in [6, 6.07) is 15.0. The number of fused-ring (bicyclic) bond motifs is 3. The van der Waals surface area contributed by atoms with Crippen molar-refractivity contribution in [3.63, 3.8) is 0 Å². The molecule has 5 aliphatic rings. The first-order valence-corrected chi connectivity index (χ1v) is 23.4. The van der Waals surface area contributed by atoms with Crippen LogP contribution >= 0.6 is 0 Å². The van der Waals surface area contributed by atoms with Crippen LogP contribution in [0, 0.1) is 0 Å². The molecule has 2 saturated carbocycles. The first kappa shape index (κ1) is 48.1. The Morgan fingerprint density at radius 2 is 1.68 bits per heavy atom. The van der Waals surface area contributed by atoms with E-state index in [9.17, 15) is 18.6 Å². The van der Waals surface area contributed by atoms with E-state index >= 15 is 0 Å². The number of anilines is 4. The van der Waals surface area contributed by atoms with Crippen molar-refractivity contribution in [2.75, 3.05) is 74.1 Å². The highest BCUT2D eigenvalue weighted by atomic mass is 32.2. The Labute approximate surface area is 369 Å². The van der Waals surface area contributed by atoms with Crippen molar-refractivity contribution in [3.8, 4) is 0 Å². The van der Waals surface area contributed by atoms with Gasteiger partial charge in [0.15, 0.2) is 5.82 Å². The molecule has 17 heteroatoms. The minimum atomic E-state index is -1.04. The van der Waals surface area contributed by atoms with Crippen molar-refractivity contribution in [1.82, 2.24) is 34.3 Å². The van der Waals surface area contributed by atoms with Crippen LogP contribution in [0.25, 0.3) is 10.9 Å². The van der Waals surface area contributed by atoms with Crippen LogP contribution in [0.15, 0.2) is 53.6 Å². The van der Waals surface area contributed by atoms with Gasteiger partial charge < -0.3 is 36.5 Å². The van der Waals surface area contributed by atoms with Gasteiger partial charge in [-0.2, -0.15) is 10.1 Å². The number of aldehydes is 1. The van der Waals surface area contributed by atoms with Crippen LogP contribution in [0.3, 0.4) is 0 Å². The zero-order chi connectivity index (χ0) is 44.5. The van der Waals surface area contributed by atoms with E-state index in [-0.39, 0.29) is 23.4 Å². The van der Waals surface area contributed by atoms with E-state index in [0.717, 1.165) is 118 Å². The molecule has 4 aromatic rings. The first-order chi connectivity index (χ1) is 30.1. The van der Waals surface area contributed by atoms with Gasteiger partial charge in [-0.15, -0.1) is 0 Å². The fraction of sp³-hybridized carbons (Fsp3) is 0.556. The molecule has 4 fully saturated rings. The fourth-order valence-electron chi connectivity index (χ4n) is 8.08. The van der Waals surface area contributed by atoms with E-state index < -0.39 is 11.0 Å². The van der Waals surface area contributed by atoms with Crippen molar-refractivity contribution in [3.05, 3.63) is 59.8 Å². The monoisotopic (exact) mass is 874 g/mol. The summed E-state index contributed by atoms with van der Waals surface area (Å²) in [6.07, 6.45) is 14.7. The Kier molecular flexibility index (Phi) is 18.6. The number of nitrogens with two attached hydrogens (primary N) is 1. The SMILES string of the molecule is CC.CNc1nn(C)c2cc(N3CCN(Cc4cccc(S(=O)N5CCCCC5)c4)CC3)ccc12.Nc1ncc2c(n1)NC(=O)C21CC1.O=CCCNC=O.OC1CCCCC1. The normalized spacial score (nSPS) is 18.5. The van der Waals surface area contributed by atoms with Crippen LogP contribution < -0.4 is 26.6 Å². The third-order valence-electron chi connectivity index (χ3n) is 11.7. The lowest BCUT2D eigenvalue weighted by Crippen LogP contribution is -2.46. The summed E-state index contributed by atoms with van der Waals surface area (Å²) in [5.74, 6) is 1.77. The summed E-state index contributed by atoms with van der Waals surface area (Å²) in [5.41, 5.74) is 9.68. The van der Waals surface area contributed by atoms with Gasteiger partial charge in [0.1, 0.15) is 23.1 Å². The molecule has 2 amide bonds. The van der Waals surface area contributed by atoms with Crippen LogP contribution in [-0.2, 0) is 44.4 Å². The quantitative estimate of drug-likeness (QED) is 0.104. The second-order valence-corrected chi connectivity index (χ2v) is 17.4. The van der Waals surface area contributed by atoms with Crippen molar-refractivity contribution in [2.24, 2.45) is 7.05 Å². The Hall–Kier alpha value is -4.97. The molecule has 1 unspecified atom stereocenters. The predicted octanol–water partition coefficient (Wildman–Crippen LogP) is 5.15. The molecule has 9 rings (SSSR count). The van der Waals surface area contributed by atoms with Gasteiger partial charge in [-0.1, -0.05) is 51.7 Å². The average molecular weight is 874 g/mol. The van der Waals surface area contributed by atoms with Crippen molar-refractivity contribution < 1.29 is 23.7 Å². The van der Waals surface area contributed by atoms with E-state index in [1.807, 2.05) is 38.7 Å². The van der Waals surface area contributed by atoms with Gasteiger partial charge in [0.2, 0.25) is 18.3 Å². The molecule has 1 spiro atoms. The Bertz CT molecular complexity index is 2070. The molecule has 6 N–H and O–H groups in total. The number of nitrogens with one attached hydrogen (secondary N) is 3. The number of piperazine rings is 1. The largest absolute Gasteiger partial charge is 0.393 e. The molecule has 0 radical (unpaired) electrons. The highest BCUT2D eigenvalue weighted by molar-refractivity contribution is 7.82. The predicted molar refractivity (Wildman–Crippen MR) is 247 cm³/mol. The van der Waals surface area contributed by atoms with E-state index in [4.69, 9.17) is 10.8 Å². The molecule has 16 nitrogen and oxygen atoms in total. The summed E-state index contributed by atoms with van der Waals surface area (Å²) in [7, 11) is 2.87. The number of rotatable bonds is 10. The number of nitrogen functional groups attached to an aromatic ring is 1. The molecule has 2 aliphatic carbocycles. The number of hydrogen-bond acceptors (Lipinski definition) is 12. The number of carbonyl (C=O) groups is 3. The minimum Gasteiger partial charge on any atom is -0.393 e. The molecule has 2 aromatic carbocycles. The van der Waals surface area contributed by atoms with Gasteiger partial charge in [-0.05, 0) is 74.4 Å². The maximum Gasteiger partial charge on any atom is 0.236 e. The third-order valence-corrected chi connectivity index (χ3v) is 13.2. The summed E-state index contributed by atoms with van der Waals surface area (Å²) >= 11 is 0. The van der Waals surface area contributed by atoms with Gasteiger partial charge in [-0.25, -0.2) is 13.5 Å².